The highest BCUT2D eigenvalue weighted by atomic mass is 32.2. The number of nitrogens with one attached hydrogen (secondary N) is 1. The molecule has 3 N–H and O–H groups in total. The molecule has 1 fully saturated rings. The molecule has 1 saturated heterocycles. The average molecular weight is 280 g/mol. The summed E-state index contributed by atoms with van der Waals surface area (Å²) in [6.45, 7) is 2.49. The number of nitrogens with zero attached hydrogens (tertiary/aromatic N) is 1. The first-order valence-electron chi connectivity index (χ1n) is 5.98. The van der Waals surface area contributed by atoms with Crippen molar-refractivity contribution >= 4 is 16.2 Å². The van der Waals surface area contributed by atoms with Crippen LogP contribution in [0.2, 0.25) is 0 Å². The molecule has 0 aliphatic carbocycles. The fourth-order valence-electron chi connectivity index (χ4n) is 1.84. The number of aliphatic hydroxyl groups excluding tert-OH is 1. The quantitative estimate of drug-likeness (QED) is 0.601. The van der Waals surface area contributed by atoms with Gasteiger partial charge in [-0.15, -0.1) is 0 Å². The second-order valence-electron chi connectivity index (χ2n) is 4.61. The van der Waals surface area contributed by atoms with Crippen molar-refractivity contribution in [3.63, 3.8) is 0 Å². The van der Waals surface area contributed by atoms with Gasteiger partial charge < -0.3 is 10.2 Å². The zero-order valence-corrected chi connectivity index (χ0v) is 11.2. The second kappa shape index (κ2) is 6.46. The van der Waals surface area contributed by atoms with E-state index in [-0.39, 0.29) is 13.0 Å². The van der Waals surface area contributed by atoms with Gasteiger partial charge in [0.2, 0.25) is 0 Å². The second-order valence-corrected chi connectivity index (χ2v) is 6.31. The van der Waals surface area contributed by atoms with Crippen LogP contribution in [0.15, 0.2) is 0 Å². The van der Waals surface area contributed by atoms with Crippen molar-refractivity contribution in [2.45, 2.75) is 32.2 Å². The molecule has 7 nitrogen and oxygen atoms in total. The summed E-state index contributed by atoms with van der Waals surface area (Å²) in [6.07, 6.45) is 1.41. The van der Waals surface area contributed by atoms with Gasteiger partial charge in [0, 0.05) is 19.7 Å². The molecule has 0 amide bonds. The van der Waals surface area contributed by atoms with Crippen LogP contribution in [-0.2, 0) is 15.0 Å². The predicted molar refractivity (Wildman–Crippen MR) is 65.2 cm³/mol. The van der Waals surface area contributed by atoms with Crippen LogP contribution in [-0.4, -0.2) is 54.6 Å². The van der Waals surface area contributed by atoms with E-state index in [1.807, 2.05) is 0 Å². The Morgan fingerprint density at radius 2 is 2.00 bits per heavy atom. The molecule has 106 valence electrons. The molecule has 0 radical (unpaired) electrons. The Kier molecular flexibility index (Phi) is 5.51. The van der Waals surface area contributed by atoms with E-state index in [2.05, 4.69) is 11.6 Å². The minimum absolute atomic E-state index is 0.140. The SMILES string of the molecule is CC1CCN(S(=O)(=O)N[C@@H](CCO)C(=O)O)CC1. The lowest BCUT2D eigenvalue weighted by atomic mass is 10.0. The molecular formula is C10H20N2O5S. The number of rotatable bonds is 6. The minimum atomic E-state index is -3.78. The highest BCUT2D eigenvalue weighted by molar-refractivity contribution is 7.87. The number of piperidine rings is 1. The first-order chi connectivity index (χ1) is 8.36. The number of aliphatic hydroxyl groups is 1. The van der Waals surface area contributed by atoms with Crippen molar-refractivity contribution in [2.24, 2.45) is 5.92 Å². The van der Waals surface area contributed by atoms with Gasteiger partial charge in [-0.2, -0.15) is 17.4 Å². The van der Waals surface area contributed by atoms with Crippen LogP contribution in [0.25, 0.3) is 0 Å². The number of carboxylic acids is 1. The molecule has 8 heteroatoms. The molecule has 0 aromatic carbocycles. The van der Waals surface area contributed by atoms with Gasteiger partial charge in [0.25, 0.3) is 10.2 Å². The van der Waals surface area contributed by atoms with Crippen molar-refractivity contribution in [3.05, 3.63) is 0 Å². The molecule has 1 rings (SSSR count). The molecule has 1 aliphatic heterocycles. The van der Waals surface area contributed by atoms with Gasteiger partial charge in [0.15, 0.2) is 0 Å². The summed E-state index contributed by atoms with van der Waals surface area (Å²) in [5.41, 5.74) is 0. The Morgan fingerprint density at radius 1 is 1.44 bits per heavy atom. The zero-order valence-electron chi connectivity index (χ0n) is 10.4. The summed E-state index contributed by atoms with van der Waals surface area (Å²) >= 11 is 0. The Hall–Kier alpha value is -0.700. The van der Waals surface area contributed by atoms with E-state index in [0.717, 1.165) is 12.8 Å². The molecule has 0 saturated carbocycles. The predicted octanol–water partition coefficient (Wildman–Crippen LogP) is -0.612. The van der Waals surface area contributed by atoms with Crippen LogP contribution in [0, 0.1) is 5.92 Å². The van der Waals surface area contributed by atoms with Crippen LogP contribution < -0.4 is 4.72 Å². The van der Waals surface area contributed by atoms with Gasteiger partial charge in [-0.05, 0) is 25.2 Å². The van der Waals surface area contributed by atoms with Crippen molar-refractivity contribution in [1.29, 1.82) is 0 Å². The molecule has 1 aliphatic rings. The normalized spacial score (nSPS) is 20.8. The smallest absolute Gasteiger partial charge is 0.321 e. The van der Waals surface area contributed by atoms with Crippen LogP contribution >= 0.6 is 0 Å². The summed E-state index contributed by atoms with van der Waals surface area (Å²) < 4.78 is 27.3. The maximum atomic E-state index is 12.0. The lowest BCUT2D eigenvalue weighted by Gasteiger charge is -2.30. The molecule has 18 heavy (non-hydrogen) atoms. The molecule has 0 spiro atoms. The molecule has 0 unspecified atom stereocenters. The Labute approximate surface area is 107 Å². The number of carbonyl (C=O) groups is 1. The lowest BCUT2D eigenvalue weighted by Crippen LogP contribution is -2.50. The van der Waals surface area contributed by atoms with E-state index < -0.39 is 22.2 Å². The van der Waals surface area contributed by atoms with E-state index in [0.29, 0.717) is 19.0 Å². The standard InChI is InChI=1S/C10H20N2O5S/c1-8-2-5-12(6-3-8)18(16,17)11-9(4-7-13)10(14)15/h8-9,11,13H,2-7H2,1H3,(H,14,15)/t9-/m0/s1. The van der Waals surface area contributed by atoms with Gasteiger partial charge in [-0.1, -0.05) is 6.92 Å². The van der Waals surface area contributed by atoms with Crippen LogP contribution in [0.1, 0.15) is 26.2 Å². The summed E-state index contributed by atoms with van der Waals surface area (Å²) in [7, 11) is -3.78. The average Bonchev–Trinajstić information content (AvgIpc) is 2.28. The van der Waals surface area contributed by atoms with Gasteiger partial charge in [-0.3, -0.25) is 4.79 Å². The van der Waals surface area contributed by atoms with Crippen LogP contribution in [0.3, 0.4) is 0 Å². The van der Waals surface area contributed by atoms with E-state index >= 15 is 0 Å². The van der Waals surface area contributed by atoms with E-state index in [1.54, 1.807) is 0 Å². The van der Waals surface area contributed by atoms with E-state index in [9.17, 15) is 13.2 Å². The van der Waals surface area contributed by atoms with Crippen LogP contribution in [0.4, 0.5) is 0 Å². The molecule has 0 aromatic heterocycles. The Morgan fingerprint density at radius 3 is 2.44 bits per heavy atom. The third kappa shape index (κ3) is 4.20. The summed E-state index contributed by atoms with van der Waals surface area (Å²) in [5, 5.41) is 17.6. The Bertz CT molecular complexity index is 376. The number of carboxylic acid groups (broad SMARTS) is 1. The third-order valence-electron chi connectivity index (χ3n) is 3.09. The van der Waals surface area contributed by atoms with E-state index in [1.165, 1.54) is 4.31 Å². The molecular weight excluding hydrogens is 260 g/mol. The first-order valence-corrected chi connectivity index (χ1v) is 7.42. The molecule has 1 heterocycles. The summed E-state index contributed by atoms with van der Waals surface area (Å²) in [6, 6.07) is -1.28. The largest absolute Gasteiger partial charge is 0.480 e. The fraction of sp³-hybridized carbons (Fsp3) is 0.900. The molecule has 1 atom stereocenters. The summed E-state index contributed by atoms with van der Waals surface area (Å²) in [5.74, 6) is -0.790. The third-order valence-corrected chi connectivity index (χ3v) is 4.72. The molecule has 0 aromatic rings. The van der Waals surface area contributed by atoms with Crippen LogP contribution in [0.5, 0.6) is 0 Å². The zero-order chi connectivity index (χ0) is 13.8. The maximum absolute atomic E-state index is 12.0. The number of hydrogen-bond acceptors (Lipinski definition) is 4. The van der Waals surface area contributed by atoms with Crippen molar-refractivity contribution in [2.75, 3.05) is 19.7 Å². The first kappa shape index (κ1) is 15.4. The van der Waals surface area contributed by atoms with Crippen molar-refractivity contribution in [3.8, 4) is 0 Å². The monoisotopic (exact) mass is 280 g/mol. The van der Waals surface area contributed by atoms with Crippen molar-refractivity contribution < 1.29 is 23.4 Å². The Balaban J connectivity index is 2.65. The van der Waals surface area contributed by atoms with Crippen molar-refractivity contribution in [1.82, 2.24) is 9.03 Å². The van der Waals surface area contributed by atoms with Gasteiger partial charge >= 0.3 is 5.97 Å². The lowest BCUT2D eigenvalue weighted by molar-refractivity contribution is -0.139. The van der Waals surface area contributed by atoms with Gasteiger partial charge in [0.05, 0.1) is 0 Å². The maximum Gasteiger partial charge on any atom is 0.321 e. The summed E-state index contributed by atoms with van der Waals surface area (Å²) in [4.78, 5) is 10.8. The fourth-order valence-corrected chi connectivity index (χ4v) is 3.26. The van der Waals surface area contributed by atoms with E-state index in [4.69, 9.17) is 10.2 Å². The van der Waals surface area contributed by atoms with Gasteiger partial charge in [0.1, 0.15) is 6.04 Å². The number of hydrogen-bond donors (Lipinski definition) is 3. The minimum Gasteiger partial charge on any atom is -0.480 e. The van der Waals surface area contributed by atoms with Gasteiger partial charge in [-0.25, -0.2) is 0 Å². The number of aliphatic carboxylic acids is 1. The highest BCUT2D eigenvalue weighted by Gasteiger charge is 2.30. The molecule has 0 bridgehead atoms. The topological polar surface area (TPSA) is 107 Å². The highest BCUT2D eigenvalue weighted by Crippen LogP contribution is 2.18.